The fourth-order valence-electron chi connectivity index (χ4n) is 4.07. The number of nitrogens with zero attached hydrogens (tertiary/aromatic N) is 2. The maximum absolute atomic E-state index is 12.4. The Hall–Kier alpha value is -3.60. The number of carbonyl (C=O) groups is 3. The first-order valence-corrected chi connectivity index (χ1v) is 11.0. The van der Waals surface area contributed by atoms with Crippen molar-refractivity contribution < 1.29 is 33.7 Å². The van der Waals surface area contributed by atoms with Gasteiger partial charge in [-0.3, -0.25) is 19.5 Å². The lowest BCUT2D eigenvalue weighted by molar-refractivity contribution is -0.137. The van der Waals surface area contributed by atoms with Gasteiger partial charge in [0, 0.05) is 36.7 Å². The third-order valence-corrected chi connectivity index (χ3v) is 5.71. The van der Waals surface area contributed by atoms with Crippen molar-refractivity contribution >= 4 is 24.1 Å². The molecule has 3 N–H and O–H groups in total. The van der Waals surface area contributed by atoms with Crippen LogP contribution < -0.4 is 14.8 Å². The Morgan fingerprint density at radius 3 is 2.68 bits per heavy atom. The maximum atomic E-state index is 12.4. The normalized spacial score (nSPS) is 17.2. The summed E-state index contributed by atoms with van der Waals surface area (Å²) in [5, 5.41) is 17.1. The number of aromatic nitrogens is 2. The predicted octanol–water partition coefficient (Wildman–Crippen LogP) is 1.95. The van der Waals surface area contributed by atoms with Crippen LogP contribution in [0.3, 0.4) is 0 Å². The first-order chi connectivity index (χ1) is 16.4. The van der Waals surface area contributed by atoms with Gasteiger partial charge in [0.05, 0.1) is 20.3 Å². The Bertz CT molecular complexity index is 1010. The maximum Gasteiger partial charge on any atom is 0.290 e. The summed E-state index contributed by atoms with van der Waals surface area (Å²) in [4.78, 5) is 34.7. The van der Waals surface area contributed by atoms with Crippen LogP contribution in [0.1, 0.15) is 48.9 Å². The van der Waals surface area contributed by atoms with Crippen LogP contribution in [-0.4, -0.2) is 78.5 Å². The minimum atomic E-state index is -0.250. The quantitative estimate of drug-likeness (QED) is 0.539. The van der Waals surface area contributed by atoms with E-state index in [-0.39, 0.29) is 36.7 Å². The van der Waals surface area contributed by atoms with Crippen LogP contribution in [0.2, 0.25) is 0 Å². The Morgan fingerprint density at radius 2 is 2.03 bits per heavy atom. The van der Waals surface area contributed by atoms with E-state index in [0.29, 0.717) is 50.0 Å². The van der Waals surface area contributed by atoms with Gasteiger partial charge in [-0.05, 0) is 23.6 Å². The van der Waals surface area contributed by atoms with E-state index in [1.807, 2.05) is 12.1 Å². The molecule has 0 aliphatic carbocycles. The third kappa shape index (κ3) is 5.66. The molecular formula is C23H30N4O7. The molecule has 1 saturated heterocycles. The molecule has 11 nitrogen and oxygen atoms in total. The summed E-state index contributed by atoms with van der Waals surface area (Å²) in [6.45, 7) is 6.11. The molecule has 0 radical (unpaired) electrons. The number of hydrogen-bond acceptors (Lipinski definition) is 7. The van der Waals surface area contributed by atoms with Crippen LogP contribution in [0.15, 0.2) is 18.2 Å². The zero-order chi connectivity index (χ0) is 24.7. The molecule has 2 amide bonds. The van der Waals surface area contributed by atoms with E-state index in [4.69, 9.17) is 24.1 Å². The van der Waals surface area contributed by atoms with Crippen molar-refractivity contribution in [2.75, 3.05) is 45.3 Å². The highest BCUT2D eigenvalue weighted by molar-refractivity contribution is 5.94. The summed E-state index contributed by atoms with van der Waals surface area (Å²) < 4.78 is 16.6. The van der Waals surface area contributed by atoms with Crippen molar-refractivity contribution in [2.45, 2.75) is 32.1 Å². The van der Waals surface area contributed by atoms with Gasteiger partial charge in [-0.15, -0.1) is 0 Å². The number of nitrogens with one attached hydrogen (secondary N) is 2. The minimum absolute atomic E-state index is 0.0646. The molecule has 184 valence electrons. The summed E-state index contributed by atoms with van der Waals surface area (Å²) in [7, 11) is 1.56. The number of aromatic amines is 1. The number of anilines is 1. The van der Waals surface area contributed by atoms with Gasteiger partial charge in [0.25, 0.3) is 12.4 Å². The molecule has 34 heavy (non-hydrogen) atoms. The zero-order valence-electron chi connectivity index (χ0n) is 19.5. The molecule has 11 heteroatoms. The molecule has 3 heterocycles. The highest BCUT2D eigenvalue weighted by atomic mass is 16.5. The number of rotatable bonds is 6. The smallest absolute Gasteiger partial charge is 0.290 e. The molecule has 0 bridgehead atoms. The molecular weight excluding hydrogens is 444 g/mol. The van der Waals surface area contributed by atoms with Gasteiger partial charge < -0.3 is 29.5 Å². The molecule has 1 atom stereocenters. The fraction of sp³-hybridized carbons (Fsp3) is 0.478. The number of carbonyl (C=O) groups excluding carboxylic acids is 2. The Labute approximate surface area is 197 Å². The summed E-state index contributed by atoms with van der Waals surface area (Å²) in [6.07, 6.45) is 0.325. The van der Waals surface area contributed by atoms with Gasteiger partial charge in [-0.1, -0.05) is 19.9 Å². The Morgan fingerprint density at radius 1 is 1.32 bits per heavy atom. The van der Waals surface area contributed by atoms with Crippen LogP contribution in [0.5, 0.6) is 11.5 Å². The minimum Gasteiger partial charge on any atom is -0.493 e. The van der Waals surface area contributed by atoms with Gasteiger partial charge >= 0.3 is 0 Å². The van der Waals surface area contributed by atoms with E-state index in [9.17, 15) is 9.59 Å². The van der Waals surface area contributed by atoms with Gasteiger partial charge in [0.1, 0.15) is 0 Å². The van der Waals surface area contributed by atoms with Crippen molar-refractivity contribution in [3.05, 3.63) is 35.0 Å². The lowest BCUT2D eigenvalue weighted by Gasteiger charge is -2.27. The molecule has 0 spiro atoms. The SMILES string of the molecule is COc1cc(C2CC(=O)Nc3n[nH]c(C(C)C)c32)ccc1OCC(=O)N1CCOCC1.O=CO. The summed E-state index contributed by atoms with van der Waals surface area (Å²) >= 11 is 0. The number of morpholine rings is 1. The van der Waals surface area contributed by atoms with Crippen molar-refractivity contribution in [3.63, 3.8) is 0 Å². The second-order valence-corrected chi connectivity index (χ2v) is 8.16. The van der Waals surface area contributed by atoms with Crippen LogP contribution in [-0.2, 0) is 19.1 Å². The van der Waals surface area contributed by atoms with E-state index in [2.05, 4.69) is 29.4 Å². The third-order valence-electron chi connectivity index (χ3n) is 5.71. The molecule has 1 fully saturated rings. The van der Waals surface area contributed by atoms with E-state index >= 15 is 0 Å². The molecule has 0 saturated carbocycles. The Kier molecular flexibility index (Phi) is 8.47. The van der Waals surface area contributed by atoms with Gasteiger partial charge in [0.2, 0.25) is 5.91 Å². The molecule has 1 aromatic carbocycles. The number of benzene rings is 1. The largest absolute Gasteiger partial charge is 0.493 e. The van der Waals surface area contributed by atoms with Crippen LogP contribution in [0.25, 0.3) is 0 Å². The molecule has 1 unspecified atom stereocenters. The van der Waals surface area contributed by atoms with Crippen molar-refractivity contribution in [1.29, 1.82) is 0 Å². The molecule has 2 aliphatic heterocycles. The van der Waals surface area contributed by atoms with E-state index in [0.717, 1.165) is 16.8 Å². The van der Waals surface area contributed by atoms with Gasteiger partial charge in [-0.25, -0.2) is 0 Å². The fourth-order valence-corrected chi connectivity index (χ4v) is 4.07. The number of amides is 2. The van der Waals surface area contributed by atoms with Gasteiger partial charge in [0.15, 0.2) is 23.9 Å². The second-order valence-electron chi connectivity index (χ2n) is 8.16. The van der Waals surface area contributed by atoms with Crippen molar-refractivity contribution in [1.82, 2.24) is 15.1 Å². The van der Waals surface area contributed by atoms with E-state index in [1.165, 1.54) is 0 Å². The molecule has 4 rings (SSSR count). The molecule has 1 aromatic heterocycles. The van der Waals surface area contributed by atoms with Crippen LogP contribution in [0, 0.1) is 0 Å². The lowest BCUT2D eigenvalue weighted by Crippen LogP contribution is -2.43. The van der Waals surface area contributed by atoms with Crippen LogP contribution in [0.4, 0.5) is 5.82 Å². The summed E-state index contributed by atoms with van der Waals surface area (Å²) in [5.41, 5.74) is 2.95. The van der Waals surface area contributed by atoms with Crippen molar-refractivity contribution in [3.8, 4) is 11.5 Å². The molecule has 2 aliphatic rings. The number of H-pyrrole nitrogens is 1. The summed E-state index contributed by atoms with van der Waals surface area (Å²) in [5.74, 6) is 1.54. The average molecular weight is 475 g/mol. The highest BCUT2D eigenvalue weighted by Crippen LogP contribution is 2.42. The van der Waals surface area contributed by atoms with Gasteiger partial charge in [-0.2, -0.15) is 5.10 Å². The number of fused-ring (bicyclic) bond motifs is 1. The number of methoxy groups -OCH3 is 1. The lowest BCUT2D eigenvalue weighted by atomic mass is 9.83. The first kappa shape index (κ1) is 25.0. The van der Waals surface area contributed by atoms with E-state index < -0.39 is 0 Å². The standard InChI is InChI=1S/C22H28N4O5.CH2O2/c1-13(2)21-20-15(11-18(27)23-22(20)25-24-21)14-4-5-16(17(10-14)29-3)31-12-19(28)26-6-8-30-9-7-26;2-1-3/h4-5,10,13,15H,6-9,11-12H2,1-3H3,(H2,23,24,25,27);1H,(H,2,3). The number of carboxylic acid groups (broad SMARTS) is 1. The van der Waals surface area contributed by atoms with E-state index in [1.54, 1.807) is 18.1 Å². The van der Waals surface area contributed by atoms with Crippen LogP contribution >= 0.6 is 0 Å². The predicted molar refractivity (Wildman–Crippen MR) is 122 cm³/mol. The second kappa shape index (κ2) is 11.5. The first-order valence-electron chi connectivity index (χ1n) is 11.0. The van der Waals surface area contributed by atoms with Crippen molar-refractivity contribution in [2.24, 2.45) is 0 Å². The monoisotopic (exact) mass is 474 g/mol. The topological polar surface area (TPSA) is 143 Å². The molecule has 2 aromatic rings. The average Bonchev–Trinajstić information content (AvgIpc) is 3.27. The number of ether oxygens (including phenoxy) is 3. The highest BCUT2D eigenvalue weighted by Gasteiger charge is 2.32. The number of hydrogen-bond donors (Lipinski definition) is 3. The summed E-state index contributed by atoms with van der Waals surface area (Å²) in [6, 6.07) is 5.59. The Balaban J connectivity index is 0.00000103. The zero-order valence-corrected chi connectivity index (χ0v) is 19.5.